The van der Waals surface area contributed by atoms with E-state index in [1.165, 1.54) is 148 Å². The quantitative estimate of drug-likeness (QED) is 0.0363. The van der Waals surface area contributed by atoms with Gasteiger partial charge in [0.25, 0.3) is 0 Å². The Kier molecular flexibility index (Phi) is 52.6. The number of amides is 2. The molecule has 0 heterocycles. The smallest absolute Gasteiger partial charge is 0.308 e. The van der Waals surface area contributed by atoms with E-state index < -0.39 is 24.2 Å². The number of hydrogen-bond acceptors (Lipinski definition) is 11. The number of ether oxygens (including phenoxy) is 6. The minimum Gasteiger partial charge on any atom is -0.497 e. The molecule has 3 aromatic carbocycles. The summed E-state index contributed by atoms with van der Waals surface area (Å²) >= 11 is 0. The third-order valence-electron chi connectivity index (χ3n) is 16.2. The van der Waals surface area contributed by atoms with Gasteiger partial charge in [-0.1, -0.05) is 293 Å². The van der Waals surface area contributed by atoms with Crippen LogP contribution in [-0.4, -0.2) is 86.7 Å². The summed E-state index contributed by atoms with van der Waals surface area (Å²) in [6, 6.07) is 26.8. The molecule has 2 amide bonds. The molecule has 0 aliphatic rings. The molecule has 89 heavy (non-hydrogen) atoms. The average Bonchev–Trinajstić information content (AvgIpc) is 3.58. The molecule has 0 spiro atoms. The number of hydrogen-bond donors (Lipinski definition) is 3. The molecule has 0 saturated heterocycles. The van der Waals surface area contributed by atoms with E-state index in [2.05, 4.69) is 38.3 Å². The first-order chi connectivity index (χ1) is 43.6. The zero-order valence-electron chi connectivity index (χ0n) is 56.7. The van der Waals surface area contributed by atoms with E-state index in [0.717, 1.165) is 86.6 Å². The van der Waals surface area contributed by atoms with Crippen LogP contribution in [0.3, 0.4) is 0 Å². The van der Waals surface area contributed by atoms with Gasteiger partial charge >= 0.3 is 11.9 Å². The fourth-order valence-electron chi connectivity index (χ4n) is 10.7. The Bertz CT molecular complexity index is 2090. The van der Waals surface area contributed by atoms with Crippen LogP contribution in [0, 0.1) is 0 Å². The van der Waals surface area contributed by atoms with E-state index in [1.54, 1.807) is 7.11 Å². The van der Waals surface area contributed by atoms with Gasteiger partial charge in [-0.05, 0) is 54.5 Å². The van der Waals surface area contributed by atoms with Gasteiger partial charge in [-0.2, -0.15) is 0 Å². The standard InChI is InChI=1S/C42H67NO6.C34H59NO5/c1-4-6-8-10-11-12-13-14-15-17-22-26-41(44)43-38(34-47-32-36-23-19-18-20-24-36)35-49-42(45)31-40(25-21-16-9-7-5-2)48-33-37-27-29-39(46-3)30-28-37;1-3-5-7-9-10-11-12-13-14-16-21-25-33(37)35-31(28-39-27-30-22-18-17-19-23-30)29-40-34(38)26-32(36)24-20-15-8-6-4-2/h18-20,23-24,27-30,38,40H,4-17,21-22,25-26,31-35H2,1-3H3,(H,43,44);17-19,22-23,31-32,36H,3-16,20-21,24-29H2,1-2H3,(H,35,37)/t38-,40-;31-,32-/m11/s1. The number of carbonyl (C=O) groups is 4. The predicted molar refractivity (Wildman–Crippen MR) is 364 cm³/mol. The van der Waals surface area contributed by atoms with Crippen LogP contribution in [0.1, 0.15) is 288 Å². The molecule has 0 fully saturated rings. The highest BCUT2D eigenvalue weighted by atomic mass is 16.5. The highest BCUT2D eigenvalue weighted by Crippen LogP contribution is 2.19. The lowest BCUT2D eigenvalue weighted by Gasteiger charge is -2.21. The van der Waals surface area contributed by atoms with E-state index in [9.17, 15) is 24.3 Å². The fourth-order valence-corrected chi connectivity index (χ4v) is 10.7. The number of nitrogens with one attached hydrogen (secondary N) is 2. The van der Waals surface area contributed by atoms with E-state index in [-0.39, 0.29) is 63.2 Å². The third-order valence-corrected chi connectivity index (χ3v) is 16.2. The molecule has 0 aliphatic carbocycles. The lowest BCUT2D eigenvalue weighted by atomic mass is 10.1. The summed E-state index contributed by atoms with van der Waals surface area (Å²) in [5.74, 6) is -0.0110. The van der Waals surface area contributed by atoms with Gasteiger partial charge in [0.1, 0.15) is 19.0 Å². The summed E-state index contributed by atoms with van der Waals surface area (Å²) in [6.07, 6.45) is 40.2. The van der Waals surface area contributed by atoms with E-state index >= 15 is 0 Å². The van der Waals surface area contributed by atoms with Crippen LogP contribution < -0.4 is 15.4 Å². The summed E-state index contributed by atoms with van der Waals surface area (Å²) in [6.45, 7) is 10.8. The van der Waals surface area contributed by atoms with Crippen LogP contribution in [0.2, 0.25) is 0 Å². The van der Waals surface area contributed by atoms with E-state index in [1.807, 2.05) is 84.9 Å². The number of methoxy groups -OCH3 is 1. The molecule has 0 bridgehead atoms. The Morgan fingerprint density at radius 3 is 1.13 bits per heavy atom. The molecule has 3 rings (SSSR count). The summed E-state index contributed by atoms with van der Waals surface area (Å²) in [5.41, 5.74) is 3.13. The second-order valence-corrected chi connectivity index (χ2v) is 24.7. The van der Waals surface area contributed by atoms with Crippen molar-refractivity contribution in [2.24, 2.45) is 0 Å². The largest absolute Gasteiger partial charge is 0.497 e. The van der Waals surface area contributed by atoms with Gasteiger partial charge in [-0.25, -0.2) is 0 Å². The van der Waals surface area contributed by atoms with E-state index in [0.29, 0.717) is 39.1 Å². The average molecular weight is 1240 g/mol. The maximum absolute atomic E-state index is 13.1. The number of benzene rings is 3. The summed E-state index contributed by atoms with van der Waals surface area (Å²) in [7, 11) is 1.65. The Labute approximate surface area is 541 Å². The first-order valence-electron chi connectivity index (χ1n) is 35.6. The fraction of sp³-hybridized carbons (Fsp3) is 0.711. The van der Waals surface area contributed by atoms with Crippen LogP contribution in [0.5, 0.6) is 5.75 Å². The van der Waals surface area contributed by atoms with Crippen molar-refractivity contribution in [2.45, 2.75) is 316 Å². The minimum absolute atomic E-state index is 0.0158. The minimum atomic E-state index is -0.683. The van der Waals surface area contributed by atoms with Gasteiger partial charge in [0, 0.05) is 12.8 Å². The maximum atomic E-state index is 13.1. The van der Waals surface area contributed by atoms with Crippen LogP contribution in [0.4, 0.5) is 0 Å². The first kappa shape index (κ1) is 80.3. The van der Waals surface area contributed by atoms with E-state index in [4.69, 9.17) is 28.4 Å². The Hall–Kier alpha value is -4.82. The highest BCUT2D eigenvalue weighted by Gasteiger charge is 2.21. The molecule has 0 unspecified atom stereocenters. The number of rotatable bonds is 58. The number of carbonyl (C=O) groups excluding carboxylic acids is 4. The molecule has 13 heteroatoms. The number of aliphatic hydroxyl groups excluding tert-OH is 1. The lowest BCUT2D eigenvalue weighted by Crippen LogP contribution is -2.42. The zero-order chi connectivity index (χ0) is 64.3. The first-order valence-corrected chi connectivity index (χ1v) is 35.6. The van der Waals surface area contributed by atoms with Crippen molar-refractivity contribution in [3.05, 3.63) is 102 Å². The van der Waals surface area contributed by atoms with Crippen LogP contribution >= 0.6 is 0 Å². The van der Waals surface area contributed by atoms with Crippen molar-refractivity contribution in [3.63, 3.8) is 0 Å². The van der Waals surface area contributed by atoms with Crippen molar-refractivity contribution >= 4 is 23.8 Å². The van der Waals surface area contributed by atoms with Crippen LogP contribution in [0.15, 0.2) is 84.9 Å². The van der Waals surface area contributed by atoms with Crippen molar-refractivity contribution in [1.29, 1.82) is 0 Å². The normalized spacial score (nSPS) is 12.5. The molecule has 0 aliphatic heterocycles. The molecular weight excluding hydrogens is 1120 g/mol. The molecule has 4 atom stereocenters. The second kappa shape index (κ2) is 58.3. The number of aliphatic hydroxyl groups is 1. The van der Waals surface area contributed by atoms with Gasteiger partial charge in [0.05, 0.1) is 77.3 Å². The molecule has 3 aromatic rings. The Balaban J connectivity index is 0.000000620. The van der Waals surface area contributed by atoms with Crippen LogP contribution in [0.25, 0.3) is 0 Å². The summed E-state index contributed by atoms with van der Waals surface area (Å²) < 4.78 is 34.5. The highest BCUT2D eigenvalue weighted by molar-refractivity contribution is 5.77. The molecule has 3 N–H and O–H groups in total. The molecule has 0 radical (unpaired) electrons. The molecule has 0 aromatic heterocycles. The van der Waals surface area contributed by atoms with Crippen molar-refractivity contribution in [2.75, 3.05) is 33.5 Å². The molecule has 13 nitrogen and oxygen atoms in total. The topological polar surface area (TPSA) is 168 Å². The third kappa shape index (κ3) is 48.6. The van der Waals surface area contributed by atoms with Crippen molar-refractivity contribution < 1.29 is 52.7 Å². The molecule has 0 saturated carbocycles. The summed E-state index contributed by atoms with van der Waals surface area (Å²) in [5, 5.41) is 16.3. The Morgan fingerprint density at radius 1 is 0.393 bits per heavy atom. The SMILES string of the molecule is CCCCCCCCCCCCCC(=O)N[C@H](COCc1ccccc1)COC(=O)C[C@@H](CCCCCCC)OCc1ccc(OC)cc1.CCCCCCCCCCCCCC(=O)N[C@H](COCc1ccccc1)COC(=O)C[C@H](O)CCCCCCC. The number of unbranched alkanes of at least 4 members (excludes halogenated alkanes) is 28. The van der Waals surface area contributed by atoms with Crippen molar-refractivity contribution in [3.8, 4) is 5.75 Å². The van der Waals surface area contributed by atoms with Crippen LogP contribution in [-0.2, 0) is 62.7 Å². The Morgan fingerprint density at radius 2 is 0.742 bits per heavy atom. The molecule has 506 valence electrons. The summed E-state index contributed by atoms with van der Waals surface area (Å²) in [4.78, 5) is 50.9. The van der Waals surface area contributed by atoms with Gasteiger partial charge in [0.2, 0.25) is 11.8 Å². The number of esters is 2. The monoisotopic (exact) mass is 1240 g/mol. The van der Waals surface area contributed by atoms with Crippen molar-refractivity contribution in [1.82, 2.24) is 10.6 Å². The second-order valence-electron chi connectivity index (χ2n) is 24.7. The van der Waals surface area contributed by atoms with Gasteiger partial charge in [0.15, 0.2) is 0 Å². The zero-order valence-corrected chi connectivity index (χ0v) is 56.7. The molecular formula is C76H126N2O11. The predicted octanol–water partition coefficient (Wildman–Crippen LogP) is 18.3. The maximum Gasteiger partial charge on any atom is 0.308 e. The van der Waals surface area contributed by atoms with Gasteiger partial charge in [-0.3, -0.25) is 19.2 Å². The van der Waals surface area contributed by atoms with Gasteiger partial charge in [-0.15, -0.1) is 0 Å². The van der Waals surface area contributed by atoms with Gasteiger partial charge < -0.3 is 44.2 Å². The lowest BCUT2D eigenvalue weighted by molar-refractivity contribution is -0.149.